The Balaban J connectivity index is 2.20. The average molecular weight is 483 g/mol. The molecule has 3 rings (SSSR count). The van der Waals surface area contributed by atoms with Crippen molar-refractivity contribution >= 4 is 24.0 Å². The smallest absolute Gasteiger partial charge is 0.258 e. The minimum Gasteiger partial charge on any atom is -0.497 e. The van der Waals surface area contributed by atoms with Crippen LogP contribution in [0.1, 0.15) is 31.1 Å². The molecule has 2 unspecified atom stereocenters. The molecule has 34 heavy (non-hydrogen) atoms. The highest BCUT2D eigenvalue weighted by molar-refractivity contribution is 7.67. The SMILES string of the molecule is CCCCOP(=O)(c1ccc(N(C)C)cc1)C(Nc1ccccc1)c1cc(OC)ccc1OC. The molecule has 0 aliphatic carbocycles. The van der Waals surface area contributed by atoms with E-state index in [4.69, 9.17) is 14.0 Å². The molecule has 1 N–H and O–H groups in total. The quantitative estimate of drug-likeness (QED) is 0.241. The number of nitrogens with one attached hydrogen (secondary N) is 1. The molecule has 0 aromatic heterocycles. The van der Waals surface area contributed by atoms with Crippen LogP contribution in [0.25, 0.3) is 0 Å². The predicted molar refractivity (Wildman–Crippen MR) is 141 cm³/mol. The van der Waals surface area contributed by atoms with Crippen molar-refractivity contribution in [2.45, 2.75) is 25.5 Å². The summed E-state index contributed by atoms with van der Waals surface area (Å²) in [5, 5.41) is 4.14. The standard InChI is InChI=1S/C27H35N2O4P/c1-6-7-19-33-34(30,24-16-13-22(14-17-24)29(2)3)27(28-21-11-9-8-10-12-21)25-20-23(31-4)15-18-26(25)32-5/h8-18,20,27-28H,6-7,19H2,1-5H3. The molecule has 0 heterocycles. The second kappa shape index (κ2) is 12.0. The van der Waals surface area contributed by atoms with E-state index in [-0.39, 0.29) is 0 Å². The van der Waals surface area contributed by atoms with E-state index in [0.717, 1.165) is 24.2 Å². The lowest BCUT2D eigenvalue weighted by molar-refractivity contribution is 0.307. The van der Waals surface area contributed by atoms with Crippen molar-refractivity contribution < 1.29 is 18.6 Å². The van der Waals surface area contributed by atoms with Gasteiger partial charge in [0.05, 0.1) is 20.8 Å². The molecule has 7 heteroatoms. The molecule has 0 bridgehead atoms. The molecule has 2 atom stereocenters. The molecule has 3 aromatic rings. The molecule has 0 saturated heterocycles. The van der Waals surface area contributed by atoms with Gasteiger partial charge in [0.1, 0.15) is 17.3 Å². The highest BCUT2D eigenvalue weighted by Crippen LogP contribution is 2.60. The third kappa shape index (κ3) is 5.94. The molecule has 6 nitrogen and oxygen atoms in total. The summed E-state index contributed by atoms with van der Waals surface area (Å²) in [5.74, 6) is 0.569. The van der Waals surface area contributed by atoms with Crippen LogP contribution in [0.4, 0.5) is 11.4 Å². The van der Waals surface area contributed by atoms with Gasteiger partial charge in [0.15, 0.2) is 0 Å². The fraction of sp³-hybridized carbons (Fsp3) is 0.333. The minimum atomic E-state index is -3.48. The largest absolute Gasteiger partial charge is 0.497 e. The molecule has 0 fully saturated rings. The number of unbranched alkanes of at least 4 members (excludes halogenated alkanes) is 1. The Kier molecular flexibility index (Phi) is 9.03. The van der Waals surface area contributed by atoms with Gasteiger partial charge >= 0.3 is 0 Å². The third-order valence-electron chi connectivity index (χ3n) is 5.66. The molecular weight excluding hydrogens is 447 g/mol. The van der Waals surface area contributed by atoms with Gasteiger partial charge in [-0.3, -0.25) is 4.57 Å². The van der Waals surface area contributed by atoms with Crippen LogP contribution < -0.4 is 25.0 Å². The van der Waals surface area contributed by atoms with Crippen LogP contribution >= 0.6 is 7.37 Å². The second-order valence-corrected chi connectivity index (χ2v) is 10.7. The van der Waals surface area contributed by atoms with Gasteiger partial charge in [-0.1, -0.05) is 31.5 Å². The fourth-order valence-electron chi connectivity index (χ4n) is 3.69. The van der Waals surface area contributed by atoms with Gasteiger partial charge in [-0.05, 0) is 61.0 Å². The molecule has 0 aliphatic heterocycles. The molecule has 3 aromatic carbocycles. The first-order valence-corrected chi connectivity index (χ1v) is 13.2. The summed E-state index contributed by atoms with van der Waals surface area (Å²) >= 11 is 0. The summed E-state index contributed by atoms with van der Waals surface area (Å²) in [6, 6.07) is 23.0. The maximum atomic E-state index is 14.9. The zero-order valence-corrected chi connectivity index (χ0v) is 21.5. The first-order chi connectivity index (χ1) is 16.4. The normalized spacial score (nSPS) is 13.6. The lowest BCUT2D eigenvalue weighted by atomic mass is 10.1. The number of para-hydroxylation sites is 1. The Labute approximate surface area is 203 Å². The molecule has 0 aliphatic rings. The van der Waals surface area contributed by atoms with Crippen molar-refractivity contribution in [1.82, 2.24) is 0 Å². The van der Waals surface area contributed by atoms with Crippen molar-refractivity contribution in [2.24, 2.45) is 0 Å². The average Bonchev–Trinajstić information content (AvgIpc) is 2.87. The van der Waals surface area contributed by atoms with E-state index in [1.807, 2.05) is 91.8 Å². The zero-order chi connectivity index (χ0) is 24.6. The number of anilines is 2. The number of methoxy groups -OCH3 is 2. The lowest BCUT2D eigenvalue weighted by Gasteiger charge is -2.31. The Bertz CT molecular complexity index is 1090. The van der Waals surface area contributed by atoms with Crippen molar-refractivity contribution in [3.8, 4) is 11.5 Å². The molecule has 0 amide bonds. The van der Waals surface area contributed by atoms with Crippen molar-refractivity contribution in [3.63, 3.8) is 0 Å². The van der Waals surface area contributed by atoms with Crippen molar-refractivity contribution in [2.75, 3.05) is 45.1 Å². The first-order valence-electron chi connectivity index (χ1n) is 11.5. The van der Waals surface area contributed by atoms with E-state index in [9.17, 15) is 4.57 Å². The summed E-state index contributed by atoms with van der Waals surface area (Å²) in [4.78, 5) is 2.01. The van der Waals surface area contributed by atoms with Crippen LogP contribution in [0.3, 0.4) is 0 Å². The number of ether oxygens (including phenoxy) is 2. The maximum absolute atomic E-state index is 14.9. The number of rotatable bonds is 12. The summed E-state index contributed by atoms with van der Waals surface area (Å²) in [6.07, 6.45) is 1.76. The fourth-order valence-corrected chi connectivity index (χ4v) is 6.14. The predicted octanol–water partition coefficient (Wildman–Crippen LogP) is 6.30. The van der Waals surface area contributed by atoms with Gasteiger partial charge in [-0.15, -0.1) is 0 Å². The molecular formula is C27H35N2O4P. The number of benzene rings is 3. The van der Waals surface area contributed by atoms with E-state index >= 15 is 0 Å². The van der Waals surface area contributed by atoms with E-state index in [2.05, 4.69) is 12.2 Å². The lowest BCUT2D eigenvalue weighted by Crippen LogP contribution is -2.22. The first kappa shape index (κ1) is 25.7. The Morgan fingerprint density at radius 1 is 0.941 bits per heavy atom. The van der Waals surface area contributed by atoms with Gasteiger partial charge in [0.25, 0.3) is 7.37 Å². The van der Waals surface area contributed by atoms with Crippen LogP contribution in [0, 0.1) is 0 Å². The zero-order valence-electron chi connectivity index (χ0n) is 20.7. The van der Waals surface area contributed by atoms with E-state index in [1.54, 1.807) is 14.2 Å². The number of nitrogens with zero attached hydrogens (tertiary/aromatic N) is 1. The van der Waals surface area contributed by atoms with Gasteiger partial charge in [-0.25, -0.2) is 0 Å². The van der Waals surface area contributed by atoms with Crippen LogP contribution in [-0.2, 0) is 9.09 Å². The van der Waals surface area contributed by atoms with Crippen LogP contribution in [-0.4, -0.2) is 34.9 Å². The maximum Gasteiger partial charge on any atom is 0.258 e. The Hall–Kier alpha value is -2.95. The monoisotopic (exact) mass is 482 g/mol. The van der Waals surface area contributed by atoms with Crippen molar-refractivity contribution in [3.05, 3.63) is 78.4 Å². The van der Waals surface area contributed by atoms with Crippen molar-refractivity contribution in [1.29, 1.82) is 0 Å². The summed E-state index contributed by atoms with van der Waals surface area (Å²) < 4.78 is 32.4. The third-order valence-corrected chi connectivity index (χ3v) is 8.33. The molecule has 0 saturated carbocycles. The Morgan fingerprint density at radius 3 is 2.24 bits per heavy atom. The molecule has 0 radical (unpaired) electrons. The topological polar surface area (TPSA) is 60.0 Å². The summed E-state index contributed by atoms with van der Waals surface area (Å²) in [5.41, 5.74) is 2.57. The molecule has 182 valence electrons. The van der Waals surface area contributed by atoms with Crippen LogP contribution in [0.15, 0.2) is 72.8 Å². The summed E-state index contributed by atoms with van der Waals surface area (Å²) in [6.45, 7) is 2.48. The highest BCUT2D eigenvalue weighted by Gasteiger charge is 2.39. The van der Waals surface area contributed by atoms with Gasteiger partial charge in [0, 0.05) is 36.3 Å². The van der Waals surface area contributed by atoms with Gasteiger partial charge < -0.3 is 24.2 Å². The number of hydrogen-bond acceptors (Lipinski definition) is 6. The van der Waals surface area contributed by atoms with Gasteiger partial charge in [-0.2, -0.15) is 0 Å². The van der Waals surface area contributed by atoms with Gasteiger partial charge in [0.2, 0.25) is 0 Å². The van der Waals surface area contributed by atoms with Crippen LogP contribution in [0.5, 0.6) is 11.5 Å². The highest BCUT2D eigenvalue weighted by atomic mass is 31.2. The Morgan fingerprint density at radius 2 is 1.65 bits per heavy atom. The van der Waals surface area contributed by atoms with E-state index in [1.165, 1.54) is 0 Å². The summed E-state index contributed by atoms with van der Waals surface area (Å²) in [7, 11) is 3.70. The number of hydrogen-bond donors (Lipinski definition) is 1. The second-order valence-electron chi connectivity index (χ2n) is 8.22. The van der Waals surface area contributed by atoms with Crippen LogP contribution in [0.2, 0.25) is 0 Å². The minimum absolute atomic E-state index is 0.391. The van der Waals surface area contributed by atoms with E-state index in [0.29, 0.717) is 29.0 Å². The molecule has 0 spiro atoms. The van der Waals surface area contributed by atoms with E-state index < -0.39 is 13.2 Å².